The number of halogens is 5. The largest absolute Gasteiger partial charge is 0.416 e. The predicted octanol–water partition coefficient (Wildman–Crippen LogP) is 5.84. The summed E-state index contributed by atoms with van der Waals surface area (Å²) >= 11 is 11.8. The molecule has 2 aromatic rings. The Balaban J connectivity index is 0.000000487. The molecule has 0 saturated heterocycles. The zero-order valence-electron chi connectivity index (χ0n) is 13.3. The van der Waals surface area contributed by atoms with Crippen LogP contribution in [-0.4, -0.2) is 0 Å². The number of unbranched alkanes of at least 4 members (excludes halogenated alkanes) is 1. The van der Waals surface area contributed by atoms with Crippen molar-refractivity contribution in [2.45, 2.75) is 19.0 Å². The minimum absolute atomic E-state index is 0.118. The van der Waals surface area contributed by atoms with Gasteiger partial charge in [-0.3, -0.25) is 5.01 Å². The molecule has 9 heteroatoms. The van der Waals surface area contributed by atoms with Gasteiger partial charge in [-0.05, 0) is 24.3 Å². The molecule has 0 aromatic heterocycles. The summed E-state index contributed by atoms with van der Waals surface area (Å²) in [5, 5.41) is 16.4. The highest BCUT2D eigenvalue weighted by molar-refractivity contribution is 6.39. The topological polar surface area (TPSA) is 76.8 Å². The van der Waals surface area contributed by atoms with Gasteiger partial charge in [-0.15, -0.1) is 0 Å². The predicted molar refractivity (Wildman–Crippen MR) is 94.7 cm³/mol. The van der Waals surface area contributed by atoms with E-state index in [1.54, 1.807) is 30.3 Å². The van der Waals surface area contributed by atoms with Crippen LogP contribution in [0.25, 0.3) is 0 Å². The summed E-state index contributed by atoms with van der Waals surface area (Å²) in [5.74, 6) is 5.86. The number of anilines is 2. The number of rotatable bonds is 3. The van der Waals surface area contributed by atoms with Crippen LogP contribution in [0.5, 0.6) is 0 Å². The van der Waals surface area contributed by atoms with Crippen molar-refractivity contribution in [2.75, 3.05) is 5.01 Å². The van der Waals surface area contributed by atoms with E-state index in [4.69, 9.17) is 39.6 Å². The molecule has 0 atom stereocenters. The van der Waals surface area contributed by atoms with E-state index in [1.807, 2.05) is 12.1 Å². The van der Waals surface area contributed by atoms with E-state index >= 15 is 0 Å². The lowest BCUT2D eigenvalue weighted by molar-refractivity contribution is -0.137. The Kier molecular flexibility index (Phi) is 8.21. The van der Waals surface area contributed by atoms with Gasteiger partial charge in [-0.25, -0.2) is 5.84 Å². The Morgan fingerprint density at radius 2 is 1.42 bits per heavy atom. The summed E-state index contributed by atoms with van der Waals surface area (Å²) in [4.78, 5) is 0. The highest BCUT2D eigenvalue weighted by atomic mass is 35.5. The van der Waals surface area contributed by atoms with E-state index in [0.29, 0.717) is 18.5 Å². The van der Waals surface area contributed by atoms with Crippen molar-refractivity contribution in [2.24, 2.45) is 5.84 Å². The van der Waals surface area contributed by atoms with Gasteiger partial charge in [0.1, 0.15) is 0 Å². The average Bonchev–Trinajstić information content (AvgIpc) is 2.59. The maximum Gasteiger partial charge on any atom is 0.416 e. The van der Waals surface area contributed by atoms with E-state index in [2.05, 4.69) is 0 Å². The monoisotopic (exact) mass is 400 g/mol. The molecule has 2 rings (SSSR count). The van der Waals surface area contributed by atoms with Crippen LogP contribution in [0.15, 0.2) is 42.5 Å². The van der Waals surface area contributed by atoms with Gasteiger partial charge in [0.05, 0.1) is 39.1 Å². The van der Waals surface area contributed by atoms with Gasteiger partial charge in [-0.1, -0.05) is 41.4 Å². The lowest BCUT2D eigenvalue weighted by Crippen LogP contribution is -2.25. The Morgan fingerprint density at radius 1 is 0.962 bits per heavy atom. The molecule has 0 aliphatic rings. The van der Waals surface area contributed by atoms with Gasteiger partial charge < -0.3 is 0 Å². The van der Waals surface area contributed by atoms with E-state index in [1.165, 1.54) is 0 Å². The molecule has 0 fully saturated rings. The molecular weight excluding hydrogens is 388 g/mol. The van der Waals surface area contributed by atoms with Crippen molar-refractivity contribution in [1.29, 1.82) is 10.5 Å². The minimum Gasteiger partial charge on any atom is -0.277 e. The fraction of sp³-hybridized carbons (Fsp3) is 0.176. The second-order valence-corrected chi connectivity index (χ2v) is 5.62. The number of hydrogen-bond donors (Lipinski definition) is 1. The van der Waals surface area contributed by atoms with Crippen LogP contribution >= 0.6 is 23.2 Å². The zero-order valence-corrected chi connectivity index (χ0v) is 14.8. The molecule has 2 N–H and O–H groups in total. The summed E-state index contributed by atoms with van der Waals surface area (Å²) in [6.07, 6.45) is -3.80. The smallest absolute Gasteiger partial charge is 0.277 e. The van der Waals surface area contributed by atoms with Crippen molar-refractivity contribution in [1.82, 2.24) is 0 Å². The Hall–Kier alpha value is -2.45. The lowest BCUT2D eigenvalue weighted by atomic mass is 10.2. The van der Waals surface area contributed by atoms with Crippen LogP contribution < -0.4 is 10.9 Å². The maximum absolute atomic E-state index is 12.6. The van der Waals surface area contributed by atoms with Crippen LogP contribution in [0, 0.1) is 22.7 Å². The van der Waals surface area contributed by atoms with Crippen LogP contribution in [0.2, 0.25) is 10.0 Å². The molecule has 26 heavy (non-hydrogen) atoms. The van der Waals surface area contributed by atoms with Crippen molar-refractivity contribution >= 4 is 34.6 Å². The Labute approximate surface area is 158 Å². The zero-order chi connectivity index (χ0) is 19.7. The molecule has 4 nitrogen and oxygen atoms in total. The van der Waals surface area contributed by atoms with Crippen LogP contribution in [0.1, 0.15) is 18.4 Å². The third-order valence-corrected chi connectivity index (χ3v) is 3.54. The number of para-hydroxylation sites is 1. The van der Waals surface area contributed by atoms with Gasteiger partial charge in [0, 0.05) is 12.8 Å². The maximum atomic E-state index is 12.6. The molecule has 0 heterocycles. The van der Waals surface area contributed by atoms with E-state index < -0.39 is 11.7 Å². The Bertz CT molecular complexity index is 774. The minimum atomic E-state index is -4.52. The van der Waals surface area contributed by atoms with Crippen molar-refractivity contribution < 1.29 is 13.2 Å². The molecular formula is C17H13Cl2F3N4. The van der Waals surface area contributed by atoms with Crippen molar-refractivity contribution in [3.63, 3.8) is 0 Å². The highest BCUT2D eigenvalue weighted by Gasteiger charge is 2.32. The molecule has 0 aliphatic carbocycles. The summed E-state index contributed by atoms with van der Waals surface area (Å²) < 4.78 is 37.9. The quantitative estimate of drug-likeness (QED) is 0.398. The molecule has 0 spiro atoms. The summed E-state index contributed by atoms with van der Waals surface area (Å²) in [7, 11) is 0. The summed E-state index contributed by atoms with van der Waals surface area (Å²) in [5.41, 5.74) is -0.249. The summed E-state index contributed by atoms with van der Waals surface area (Å²) in [6, 6.07) is 13.9. The number of hydrogen-bond acceptors (Lipinski definition) is 4. The van der Waals surface area contributed by atoms with Gasteiger partial charge in [0.15, 0.2) is 0 Å². The first kappa shape index (κ1) is 21.6. The normalized spacial score (nSPS) is 10.2. The number of nitriles is 2. The summed E-state index contributed by atoms with van der Waals surface area (Å²) in [6.45, 7) is 0. The van der Waals surface area contributed by atoms with Crippen LogP contribution in [0.3, 0.4) is 0 Å². The molecule has 2 aromatic carbocycles. The van der Waals surface area contributed by atoms with Gasteiger partial charge >= 0.3 is 6.18 Å². The molecule has 0 bridgehead atoms. The Morgan fingerprint density at radius 3 is 1.81 bits per heavy atom. The SMILES string of the molecule is N#CCCC#N.NN(c1ccccc1)c1c(Cl)cc(C(F)(F)F)cc1Cl. The fourth-order valence-electron chi connectivity index (χ4n) is 1.79. The molecule has 0 saturated carbocycles. The standard InChI is InChI=1S/C13H9Cl2F3N2.C4H4N2/c14-10-6-8(13(16,17)18)7-11(15)12(10)20(19)9-4-2-1-3-5-9;5-3-1-2-4-6/h1-7H,19H2;1-2H2. The van der Waals surface area contributed by atoms with E-state index in [9.17, 15) is 13.2 Å². The first-order valence-electron chi connectivity index (χ1n) is 7.12. The van der Waals surface area contributed by atoms with Gasteiger partial charge in [-0.2, -0.15) is 23.7 Å². The second kappa shape index (κ2) is 9.88. The third kappa shape index (κ3) is 6.12. The molecule has 0 unspecified atom stereocenters. The highest BCUT2D eigenvalue weighted by Crippen LogP contribution is 2.41. The number of nitrogens with two attached hydrogens (primary N) is 1. The molecule has 136 valence electrons. The van der Waals surface area contributed by atoms with Gasteiger partial charge in [0.25, 0.3) is 0 Å². The third-order valence-electron chi connectivity index (χ3n) is 2.97. The molecule has 0 radical (unpaired) electrons. The van der Waals surface area contributed by atoms with E-state index in [-0.39, 0.29) is 15.7 Å². The number of nitrogens with zero attached hydrogens (tertiary/aromatic N) is 3. The average molecular weight is 401 g/mol. The van der Waals surface area contributed by atoms with Crippen LogP contribution in [-0.2, 0) is 6.18 Å². The van der Waals surface area contributed by atoms with Gasteiger partial charge in [0.2, 0.25) is 0 Å². The van der Waals surface area contributed by atoms with Crippen molar-refractivity contribution in [3.8, 4) is 12.1 Å². The number of hydrazine groups is 1. The van der Waals surface area contributed by atoms with Crippen molar-refractivity contribution in [3.05, 3.63) is 58.1 Å². The first-order chi connectivity index (χ1) is 12.2. The first-order valence-corrected chi connectivity index (χ1v) is 7.88. The number of alkyl halides is 3. The lowest BCUT2D eigenvalue weighted by Gasteiger charge is -2.22. The second-order valence-electron chi connectivity index (χ2n) is 4.81. The fourth-order valence-corrected chi connectivity index (χ4v) is 2.46. The molecule has 0 amide bonds. The van der Waals surface area contributed by atoms with E-state index in [0.717, 1.165) is 17.1 Å². The molecule has 0 aliphatic heterocycles. The van der Waals surface area contributed by atoms with Crippen LogP contribution in [0.4, 0.5) is 24.5 Å². The number of benzene rings is 2.